The molecule has 0 bridgehead atoms. The summed E-state index contributed by atoms with van der Waals surface area (Å²) in [5.74, 6) is -1.86. The van der Waals surface area contributed by atoms with E-state index in [2.05, 4.69) is 4.74 Å². The second-order valence-corrected chi connectivity index (χ2v) is 3.42. The standard InChI is InChI=1S/C10H13NO6/c1-4-5(10(15)16-2)3-6(17-4)8(12)7(11)9(13)14/h3,7-8,12H,11H2,1-2H3,(H,13,14). The van der Waals surface area contributed by atoms with Crippen LogP contribution in [0.1, 0.15) is 28.0 Å². The number of methoxy groups -OCH3 is 1. The van der Waals surface area contributed by atoms with Crippen molar-refractivity contribution in [2.24, 2.45) is 5.73 Å². The molecule has 94 valence electrons. The third kappa shape index (κ3) is 2.63. The number of aliphatic carboxylic acids is 1. The minimum atomic E-state index is -1.52. The van der Waals surface area contributed by atoms with E-state index in [0.29, 0.717) is 0 Å². The molecule has 0 aliphatic heterocycles. The molecule has 7 heteroatoms. The molecular weight excluding hydrogens is 230 g/mol. The molecule has 4 N–H and O–H groups in total. The monoisotopic (exact) mass is 243 g/mol. The Morgan fingerprint density at radius 2 is 2.12 bits per heavy atom. The van der Waals surface area contributed by atoms with Crippen LogP contribution in [-0.4, -0.2) is 35.3 Å². The topological polar surface area (TPSA) is 123 Å². The minimum absolute atomic E-state index is 0.0854. The van der Waals surface area contributed by atoms with Crippen molar-refractivity contribution < 1.29 is 29.0 Å². The molecule has 0 aliphatic carbocycles. The number of furan rings is 1. The maximum Gasteiger partial charge on any atom is 0.341 e. The number of aliphatic hydroxyl groups excluding tert-OH is 1. The zero-order valence-electron chi connectivity index (χ0n) is 9.34. The highest BCUT2D eigenvalue weighted by Gasteiger charge is 2.28. The molecule has 17 heavy (non-hydrogen) atoms. The molecule has 1 aromatic rings. The van der Waals surface area contributed by atoms with Crippen molar-refractivity contribution in [2.45, 2.75) is 19.1 Å². The number of hydrogen-bond acceptors (Lipinski definition) is 6. The summed E-state index contributed by atoms with van der Waals surface area (Å²) in [6.45, 7) is 1.49. The van der Waals surface area contributed by atoms with Crippen molar-refractivity contribution in [1.29, 1.82) is 0 Å². The van der Waals surface area contributed by atoms with Crippen LogP contribution in [0.4, 0.5) is 0 Å². The van der Waals surface area contributed by atoms with Crippen LogP contribution in [0.2, 0.25) is 0 Å². The normalized spacial score (nSPS) is 14.1. The van der Waals surface area contributed by atoms with Gasteiger partial charge in [0.1, 0.15) is 29.2 Å². The second kappa shape index (κ2) is 4.98. The zero-order chi connectivity index (χ0) is 13.2. The number of carboxylic acids is 1. The van der Waals surface area contributed by atoms with E-state index in [0.717, 1.165) is 0 Å². The van der Waals surface area contributed by atoms with Crippen molar-refractivity contribution in [3.05, 3.63) is 23.2 Å². The molecule has 0 aromatic carbocycles. The Morgan fingerprint density at radius 3 is 2.59 bits per heavy atom. The van der Waals surface area contributed by atoms with E-state index in [1.54, 1.807) is 0 Å². The number of aliphatic hydroxyl groups is 1. The number of aryl methyl sites for hydroxylation is 1. The largest absolute Gasteiger partial charge is 0.480 e. The Morgan fingerprint density at radius 1 is 1.53 bits per heavy atom. The third-order valence-electron chi connectivity index (χ3n) is 2.26. The molecular formula is C10H13NO6. The summed E-state index contributed by atoms with van der Waals surface area (Å²) < 4.78 is 9.57. The van der Waals surface area contributed by atoms with Gasteiger partial charge in [-0.15, -0.1) is 0 Å². The molecule has 2 atom stereocenters. The molecule has 7 nitrogen and oxygen atoms in total. The van der Waals surface area contributed by atoms with Gasteiger partial charge in [0.2, 0.25) is 0 Å². The lowest BCUT2D eigenvalue weighted by Crippen LogP contribution is -2.36. The molecule has 0 saturated heterocycles. The Hall–Kier alpha value is -1.86. The van der Waals surface area contributed by atoms with Crippen LogP contribution in [0, 0.1) is 6.92 Å². The molecule has 2 unspecified atom stereocenters. The number of carboxylic acid groups (broad SMARTS) is 1. The highest BCUT2D eigenvalue weighted by Crippen LogP contribution is 2.23. The number of ether oxygens (including phenoxy) is 1. The first-order valence-electron chi connectivity index (χ1n) is 4.73. The predicted molar refractivity (Wildman–Crippen MR) is 55.4 cm³/mol. The predicted octanol–water partition coefficient (Wildman–Crippen LogP) is -0.180. The molecule has 0 saturated carbocycles. The molecule has 0 aliphatic rings. The van der Waals surface area contributed by atoms with Gasteiger partial charge < -0.3 is 25.1 Å². The number of nitrogens with two attached hydrogens (primary N) is 1. The average Bonchev–Trinajstić information content (AvgIpc) is 2.68. The van der Waals surface area contributed by atoms with Gasteiger partial charge in [0, 0.05) is 0 Å². The van der Waals surface area contributed by atoms with Crippen molar-refractivity contribution in [3.63, 3.8) is 0 Å². The van der Waals surface area contributed by atoms with E-state index in [4.69, 9.17) is 15.3 Å². The summed E-state index contributed by atoms with van der Waals surface area (Å²) in [5.41, 5.74) is 5.36. The Balaban J connectivity index is 3.01. The van der Waals surface area contributed by atoms with E-state index in [1.807, 2.05) is 0 Å². The van der Waals surface area contributed by atoms with Crippen molar-refractivity contribution >= 4 is 11.9 Å². The maximum absolute atomic E-state index is 11.3. The lowest BCUT2D eigenvalue weighted by molar-refractivity contribution is -0.141. The number of carbonyl (C=O) groups is 2. The van der Waals surface area contributed by atoms with E-state index >= 15 is 0 Å². The van der Waals surface area contributed by atoms with E-state index in [-0.39, 0.29) is 17.1 Å². The number of esters is 1. The van der Waals surface area contributed by atoms with Gasteiger partial charge in [-0.2, -0.15) is 0 Å². The van der Waals surface area contributed by atoms with Crippen LogP contribution < -0.4 is 5.73 Å². The summed E-state index contributed by atoms with van der Waals surface area (Å²) in [6, 6.07) is -0.305. The van der Waals surface area contributed by atoms with Crippen LogP contribution >= 0.6 is 0 Å². The van der Waals surface area contributed by atoms with Gasteiger partial charge in [-0.3, -0.25) is 4.79 Å². The first-order valence-corrected chi connectivity index (χ1v) is 4.73. The van der Waals surface area contributed by atoms with E-state index in [1.165, 1.54) is 20.1 Å². The second-order valence-electron chi connectivity index (χ2n) is 3.42. The maximum atomic E-state index is 11.3. The Labute approximate surface area is 96.8 Å². The van der Waals surface area contributed by atoms with Crippen molar-refractivity contribution in [3.8, 4) is 0 Å². The summed E-state index contributed by atoms with van der Waals surface area (Å²) >= 11 is 0. The highest BCUT2D eigenvalue weighted by molar-refractivity contribution is 5.90. The fourth-order valence-electron chi connectivity index (χ4n) is 1.28. The van der Waals surface area contributed by atoms with Gasteiger partial charge in [0.15, 0.2) is 0 Å². The van der Waals surface area contributed by atoms with Crippen LogP contribution in [0.5, 0.6) is 0 Å². The molecule has 0 radical (unpaired) electrons. The molecule has 1 heterocycles. The van der Waals surface area contributed by atoms with Crippen molar-refractivity contribution in [2.75, 3.05) is 7.11 Å². The molecule has 1 rings (SSSR count). The number of carbonyl (C=O) groups excluding carboxylic acids is 1. The van der Waals surface area contributed by atoms with Gasteiger partial charge >= 0.3 is 11.9 Å². The summed E-state index contributed by atoms with van der Waals surface area (Å²) in [4.78, 5) is 21.8. The third-order valence-corrected chi connectivity index (χ3v) is 2.26. The van der Waals surface area contributed by atoms with E-state index < -0.39 is 24.1 Å². The average molecular weight is 243 g/mol. The van der Waals surface area contributed by atoms with Gasteiger partial charge in [-0.05, 0) is 13.0 Å². The molecule has 0 amide bonds. The summed E-state index contributed by atoms with van der Waals surface area (Å²) in [7, 11) is 1.20. The minimum Gasteiger partial charge on any atom is -0.480 e. The van der Waals surface area contributed by atoms with Gasteiger partial charge in [0.05, 0.1) is 7.11 Å². The smallest absolute Gasteiger partial charge is 0.341 e. The number of rotatable bonds is 4. The van der Waals surface area contributed by atoms with Crippen LogP contribution in [0.15, 0.2) is 10.5 Å². The van der Waals surface area contributed by atoms with Gasteiger partial charge in [-0.1, -0.05) is 0 Å². The first-order chi connectivity index (χ1) is 7.88. The van der Waals surface area contributed by atoms with Crippen molar-refractivity contribution in [1.82, 2.24) is 0 Å². The van der Waals surface area contributed by atoms with Gasteiger partial charge in [0.25, 0.3) is 0 Å². The Kier molecular flexibility index (Phi) is 3.87. The molecule has 1 aromatic heterocycles. The zero-order valence-corrected chi connectivity index (χ0v) is 9.34. The van der Waals surface area contributed by atoms with Crippen LogP contribution in [-0.2, 0) is 9.53 Å². The Bertz CT molecular complexity index is 438. The summed E-state index contributed by atoms with van der Waals surface area (Å²) in [5, 5.41) is 18.2. The molecule has 0 spiro atoms. The SMILES string of the molecule is COC(=O)c1cc(C(O)C(N)C(=O)O)oc1C. The summed E-state index contributed by atoms with van der Waals surface area (Å²) in [6.07, 6.45) is -1.52. The molecule has 0 fully saturated rings. The van der Waals surface area contributed by atoms with E-state index in [9.17, 15) is 14.7 Å². The highest BCUT2D eigenvalue weighted by atomic mass is 16.5. The van der Waals surface area contributed by atoms with Crippen LogP contribution in [0.3, 0.4) is 0 Å². The quantitative estimate of drug-likeness (QED) is 0.626. The number of hydrogen-bond donors (Lipinski definition) is 3. The van der Waals surface area contributed by atoms with Gasteiger partial charge in [-0.25, -0.2) is 4.79 Å². The van der Waals surface area contributed by atoms with Crippen LogP contribution in [0.25, 0.3) is 0 Å². The first kappa shape index (κ1) is 13.2. The fourth-order valence-corrected chi connectivity index (χ4v) is 1.28. The lowest BCUT2D eigenvalue weighted by Gasteiger charge is -2.11. The lowest BCUT2D eigenvalue weighted by atomic mass is 10.1. The fraction of sp³-hybridized carbons (Fsp3) is 0.400.